The Balaban J connectivity index is 7.16. The third-order valence-electron chi connectivity index (χ3n) is 9.12. The molecule has 0 rings (SSSR count). The maximum Gasteiger partial charge on any atom is 0.227 e. The van der Waals surface area contributed by atoms with Gasteiger partial charge in [-0.2, -0.15) is 0 Å². The van der Waals surface area contributed by atoms with Gasteiger partial charge in [-0.1, -0.05) is 83.1 Å². The van der Waals surface area contributed by atoms with E-state index in [9.17, 15) is 19.2 Å². The van der Waals surface area contributed by atoms with Gasteiger partial charge in [0.2, 0.25) is 23.6 Å². The maximum absolute atomic E-state index is 14.8. The van der Waals surface area contributed by atoms with Crippen LogP contribution in [0.2, 0.25) is 0 Å². The summed E-state index contributed by atoms with van der Waals surface area (Å²) < 4.78 is 0. The highest BCUT2D eigenvalue weighted by atomic mass is 16.2. The van der Waals surface area contributed by atoms with Gasteiger partial charge in [0.15, 0.2) is 0 Å². The first kappa shape index (κ1) is 45.9. The Kier molecular flexibility index (Phi) is 24.7. The van der Waals surface area contributed by atoms with Gasteiger partial charge in [-0.05, 0) is 75.0 Å². The molecule has 0 fully saturated rings. The molecule has 0 bridgehead atoms. The second-order valence-corrected chi connectivity index (χ2v) is 15.8. The summed E-state index contributed by atoms with van der Waals surface area (Å²) in [5.74, 6) is -0.557. The molecule has 0 aromatic heterocycles. The van der Waals surface area contributed by atoms with Crippen molar-refractivity contribution in [3.05, 3.63) is 0 Å². The Labute approximate surface area is 297 Å². The quantitative estimate of drug-likeness (QED) is 0.0879. The maximum atomic E-state index is 14.8. The molecule has 8 nitrogen and oxygen atoms in total. The zero-order valence-electron chi connectivity index (χ0n) is 33.6. The summed E-state index contributed by atoms with van der Waals surface area (Å²) in [7, 11) is 0. The van der Waals surface area contributed by atoms with Gasteiger partial charge in [0, 0.05) is 65.2 Å². The number of carbonyl (C=O) groups excluding carboxylic acids is 4. The van der Waals surface area contributed by atoms with Gasteiger partial charge < -0.3 is 19.6 Å². The largest absolute Gasteiger partial charge is 0.343 e. The fourth-order valence-electron chi connectivity index (χ4n) is 6.03. The van der Waals surface area contributed by atoms with E-state index in [0.717, 1.165) is 51.4 Å². The van der Waals surface area contributed by atoms with Crippen LogP contribution in [0.1, 0.15) is 147 Å². The van der Waals surface area contributed by atoms with Crippen LogP contribution in [0.4, 0.5) is 0 Å². The summed E-state index contributed by atoms with van der Waals surface area (Å²) in [4.78, 5) is 65.4. The minimum absolute atomic E-state index is 0.0492. The summed E-state index contributed by atoms with van der Waals surface area (Å²) in [6.45, 7) is 30.2. The minimum Gasteiger partial charge on any atom is -0.343 e. The molecule has 0 N–H and O–H groups in total. The van der Waals surface area contributed by atoms with E-state index < -0.39 is 11.8 Å². The predicted octanol–water partition coefficient (Wildman–Crippen LogP) is 8.14. The molecule has 2 atom stereocenters. The van der Waals surface area contributed by atoms with Crippen molar-refractivity contribution in [1.82, 2.24) is 19.6 Å². The number of hydrogen-bond acceptors (Lipinski definition) is 4. The zero-order chi connectivity index (χ0) is 36.8. The molecule has 0 radical (unpaired) electrons. The highest BCUT2D eigenvalue weighted by molar-refractivity contribution is 5.94. The van der Waals surface area contributed by atoms with E-state index in [-0.39, 0.29) is 36.5 Å². The molecule has 0 aromatic rings. The molecule has 0 heterocycles. The molecule has 48 heavy (non-hydrogen) atoms. The predicted molar refractivity (Wildman–Crippen MR) is 202 cm³/mol. The van der Waals surface area contributed by atoms with Gasteiger partial charge >= 0.3 is 0 Å². The van der Waals surface area contributed by atoms with Crippen molar-refractivity contribution in [2.75, 3.05) is 52.4 Å². The normalized spacial score (nSPS) is 12.9. The molecule has 0 aliphatic rings. The van der Waals surface area contributed by atoms with Gasteiger partial charge in [-0.3, -0.25) is 19.2 Å². The summed E-state index contributed by atoms with van der Waals surface area (Å²) in [6, 6.07) is 0. The van der Waals surface area contributed by atoms with E-state index in [4.69, 9.17) is 0 Å². The van der Waals surface area contributed by atoms with Crippen LogP contribution in [-0.2, 0) is 19.2 Å². The lowest BCUT2D eigenvalue weighted by Gasteiger charge is -2.36. The molecule has 0 aliphatic carbocycles. The van der Waals surface area contributed by atoms with Gasteiger partial charge in [-0.25, -0.2) is 0 Å². The van der Waals surface area contributed by atoms with Crippen LogP contribution in [0, 0.1) is 35.5 Å². The molecule has 0 saturated heterocycles. The molecule has 282 valence electrons. The average Bonchev–Trinajstić information content (AvgIpc) is 3.01. The highest BCUT2D eigenvalue weighted by Crippen LogP contribution is 2.29. The third kappa shape index (κ3) is 18.6. The van der Waals surface area contributed by atoms with Crippen LogP contribution in [0.5, 0.6) is 0 Å². The number of hydrogen-bond donors (Lipinski definition) is 0. The van der Waals surface area contributed by atoms with Crippen LogP contribution < -0.4 is 0 Å². The molecular weight excluding hydrogens is 600 g/mol. The fraction of sp³-hybridized carbons (Fsp3) is 0.900. The van der Waals surface area contributed by atoms with Crippen molar-refractivity contribution in [3.8, 4) is 0 Å². The lowest BCUT2D eigenvalue weighted by Crippen LogP contribution is -2.50. The Morgan fingerprint density at radius 3 is 0.833 bits per heavy atom. The summed E-state index contributed by atoms with van der Waals surface area (Å²) in [5.41, 5.74) is 0. The van der Waals surface area contributed by atoms with Crippen molar-refractivity contribution in [1.29, 1.82) is 0 Å². The number of carbonyl (C=O) groups is 4. The van der Waals surface area contributed by atoms with Crippen molar-refractivity contribution in [3.63, 3.8) is 0 Å². The van der Waals surface area contributed by atoms with E-state index in [1.807, 2.05) is 19.6 Å². The summed E-state index contributed by atoms with van der Waals surface area (Å²) in [6.07, 6.45) is 6.56. The average molecular weight is 679 g/mol. The molecular formula is C40H78N4O4. The van der Waals surface area contributed by atoms with Crippen LogP contribution in [-0.4, -0.2) is 95.6 Å². The van der Waals surface area contributed by atoms with E-state index >= 15 is 0 Å². The molecule has 2 unspecified atom stereocenters. The first-order valence-corrected chi connectivity index (χ1v) is 19.8. The Morgan fingerprint density at radius 1 is 0.375 bits per heavy atom. The molecule has 8 heteroatoms. The molecule has 0 saturated carbocycles. The second kappa shape index (κ2) is 25.8. The van der Waals surface area contributed by atoms with E-state index in [2.05, 4.69) is 83.1 Å². The van der Waals surface area contributed by atoms with Crippen molar-refractivity contribution in [2.45, 2.75) is 147 Å². The topological polar surface area (TPSA) is 81.2 Å². The number of amides is 4. The smallest absolute Gasteiger partial charge is 0.227 e. The van der Waals surface area contributed by atoms with E-state index in [0.29, 0.717) is 76.0 Å². The van der Waals surface area contributed by atoms with Gasteiger partial charge in [0.25, 0.3) is 0 Å². The zero-order valence-corrected chi connectivity index (χ0v) is 33.6. The molecule has 0 spiro atoms. The Morgan fingerprint density at radius 2 is 0.604 bits per heavy atom. The lowest BCUT2D eigenvalue weighted by atomic mass is 9.83. The van der Waals surface area contributed by atoms with Gasteiger partial charge in [-0.15, -0.1) is 0 Å². The van der Waals surface area contributed by atoms with Crippen molar-refractivity contribution >= 4 is 23.6 Å². The standard InChI is InChI=1S/C40H78N4O4/c1-13-21-41(25-17-31(5)6)37(45)29-35(39(47)43(23-15-3)27-19-33(9)10)36(40(48)44(24-16-4)28-20-34(11)12)30-38(46)42(22-14-2)26-18-32(7)8/h31-36H,13-30H2,1-12H3. The van der Waals surface area contributed by atoms with Crippen LogP contribution in [0.15, 0.2) is 0 Å². The van der Waals surface area contributed by atoms with Crippen LogP contribution in [0.25, 0.3) is 0 Å². The van der Waals surface area contributed by atoms with Gasteiger partial charge in [0.1, 0.15) is 0 Å². The van der Waals surface area contributed by atoms with Crippen molar-refractivity contribution in [2.24, 2.45) is 35.5 Å². The summed E-state index contributed by atoms with van der Waals surface area (Å²) >= 11 is 0. The van der Waals surface area contributed by atoms with Crippen LogP contribution >= 0.6 is 0 Å². The minimum atomic E-state index is -0.891. The van der Waals surface area contributed by atoms with Crippen LogP contribution in [0.3, 0.4) is 0 Å². The summed E-state index contributed by atoms with van der Waals surface area (Å²) in [5, 5.41) is 0. The fourth-order valence-corrected chi connectivity index (χ4v) is 6.03. The molecule has 0 aliphatic heterocycles. The number of nitrogens with zero attached hydrogens (tertiary/aromatic N) is 4. The number of rotatable bonds is 27. The first-order chi connectivity index (χ1) is 22.6. The second-order valence-electron chi connectivity index (χ2n) is 15.8. The SMILES string of the molecule is CCCN(CCC(C)C)C(=O)CC(C(=O)N(CCC)CCC(C)C)C(CC(=O)N(CCC)CCC(C)C)C(=O)N(CCC)CCC(C)C. The monoisotopic (exact) mass is 679 g/mol. The lowest BCUT2D eigenvalue weighted by molar-refractivity contribution is -0.152. The third-order valence-corrected chi connectivity index (χ3v) is 9.12. The first-order valence-electron chi connectivity index (χ1n) is 19.8. The van der Waals surface area contributed by atoms with Gasteiger partial charge in [0.05, 0.1) is 11.8 Å². The van der Waals surface area contributed by atoms with Crippen molar-refractivity contribution < 1.29 is 19.2 Å². The Bertz CT molecular complexity index is 832. The molecule has 4 amide bonds. The van der Waals surface area contributed by atoms with E-state index in [1.165, 1.54) is 0 Å². The highest BCUT2D eigenvalue weighted by Gasteiger charge is 2.41. The molecule has 0 aromatic carbocycles. The Hall–Kier alpha value is -2.12. The van der Waals surface area contributed by atoms with E-state index in [1.54, 1.807) is 0 Å².